The Morgan fingerprint density at radius 1 is 1.35 bits per heavy atom. The van der Waals surface area contributed by atoms with Crippen LogP contribution in [0.5, 0.6) is 0 Å². The molecule has 2 aromatic rings. The molecule has 1 saturated heterocycles. The number of nitrogens with two attached hydrogens (primary N) is 1. The van der Waals surface area contributed by atoms with Crippen LogP contribution in [0.2, 0.25) is 0 Å². The minimum Gasteiger partial charge on any atom is -0.348 e. The Morgan fingerprint density at radius 2 is 2.12 bits per heavy atom. The molecule has 0 bridgehead atoms. The summed E-state index contributed by atoms with van der Waals surface area (Å²) in [4.78, 5) is 4.46. The van der Waals surface area contributed by atoms with Gasteiger partial charge in [-0.25, -0.2) is 10.8 Å². The summed E-state index contributed by atoms with van der Waals surface area (Å²) >= 11 is 1.57. The van der Waals surface area contributed by atoms with Crippen molar-refractivity contribution in [1.82, 2.24) is 4.98 Å². The van der Waals surface area contributed by atoms with Gasteiger partial charge in [0.25, 0.3) is 0 Å². The molecule has 3 rings (SSSR count). The van der Waals surface area contributed by atoms with Crippen molar-refractivity contribution in [1.29, 1.82) is 0 Å². The van der Waals surface area contributed by atoms with Gasteiger partial charge in [-0.3, -0.25) is 5.01 Å². The minimum atomic E-state index is -0.244. The summed E-state index contributed by atoms with van der Waals surface area (Å²) in [5.41, 5.74) is 0.969. The number of para-hydroxylation sites is 1. The molecular weight excluding hydrogens is 238 g/mol. The second-order valence-electron chi connectivity index (χ2n) is 3.79. The van der Waals surface area contributed by atoms with Crippen molar-refractivity contribution >= 4 is 26.7 Å². The second-order valence-corrected chi connectivity index (χ2v) is 4.80. The Labute approximate surface area is 103 Å². The molecule has 1 aliphatic heterocycles. The van der Waals surface area contributed by atoms with Crippen molar-refractivity contribution in [3.8, 4) is 0 Å². The van der Waals surface area contributed by atoms with Crippen LogP contribution < -0.4 is 10.9 Å². The van der Waals surface area contributed by atoms with Crippen LogP contribution in [0.3, 0.4) is 0 Å². The third-order valence-electron chi connectivity index (χ3n) is 2.56. The quantitative estimate of drug-likeness (QED) is 0.659. The Hall–Kier alpha value is -1.21. The first-order valence-electron chi connectivity index (χ1n) is 5.44. The van der Waals surface area contributed by atoms with Crippen LogP contribution in [-0.4, -0.2) is 31.0 Å². The lowest BCUT2D eigenvalue weighted by atomic mass is 10.3. The van der Waals surface area contributed by atoms with Crippen molar-refractivity contribution in [3.05, 3.63) is 24.3 Å². The van der Waals surface area contributed by atoms with Crippen LogP contribution in [0, 0.1) is 0 Å². The van der Waals surface area contributed by atoms with Crippen molar-refractivity contribution in [2.24, 2.45) is 5.84 Å². The van der Waals surface area contributed by atoms with Crippen LogP contribution in [0.4, 0.5) is 5.13 Å². The molecule has 90 valence electrons. The van der Waals surface area contributed by atoms with E-state index < -0.39 is 0 Å². The van der Waals surface area contributed by atoms with E-state index in [1.807, 2.05) is 24.3 Å². The van der Waals surface area contributed by atoms with Gasteiger partial charge in [0, 0.05) is 0 Å². The fourth-order valence-electron chi connectivity index (χ4n) is 1.73. The number of benzene rings is 1. The van der Waals surface area contributed by atoms with E-state index in [9.17, 15) is 0 Å². The summed E-state index contributed by atoms with van der Waals surface area (Å²) in [7, 11) is 0. The van der Waals surface area contributed by atoms with Crippen LogP contribution >= 0.6 is 11.3 Å². The summed E-state index contributed by atoms with van der Waals surface area (Å²) in [6, 6.07) is 7.98. The van der Waals surface area contributed by atoms with Gasteiger partial charge in [-0.2, -0.15) is 0 Å². The standard InChI is InChI=1S/C11H13N3O2S/c12-14(7-10-15-5-6-16-10)11-13-8-3-1-2-4-9(8)17-11/h1-4,10H,5-7,12H2. The molecule has 0 amide bonds. The van der Waals surface area contributed by atoms with Crippen molar-refractivity contribution in [2.75, 3.05) is 24.8 Å². The van der Waals surface area contributed by atoms with Gasteiger partial charge in [0.05, 0.1) is 30.0 Å². The van der Waals surface area contributed by atoms with Gasteiger partial charge in [0.15, 0.2) is 6.29 Å². The highest BCUT2D eigenvalue weighted by Crippen LogP contribution is 2.27. The Balaban J connectivity index is 1.77. The predicted molar refractivity (Wildman–Crippen MR) is 66.8 cm³/mol. The number of hydrogen-bond donors (Lipinski definition) is 1. The van der Waals surface area contributed by atoms with Gasteiger partial charge in [-0.15, -0.1) is 0 Å². The molecular formula is C11H13N3O2S. The van der Waals surface area contributed by atoms with Crippen LogP contribution in [0.25, 0.3) is 10.2 Å². The largest absolute Gasteiger partial charge is 0.348 e. The van der Waals surface area contributed by atoms with E-state index >= 15 is 0 Å². The zero-order valence-corrected chi connectivity index (χ0v) is 10.0. The number of hydrazine groups is 1. The minimum absolute atomic E-state index is 0.244. The molecule has 1 aromatic carbocycles. The zero-order valence-electron chi connectivity index (χ0n) is 9.20. The fraction of sp³-hybridized carbons (Fsp3) is 0.364. The van der Waals surface area contributed by atoms with E-state index in [1.165, 1.54) is 0 Å². The number of hydrogen-bond acceptors (Lipinski definition) is 6. The van der Waals surface area contributed by atoms with Gasteiger partial charge in [0.2, 0.25) is 5.13 Å². The summed E-state index contributed by atoms with van der Waals surface area (Å²) in [6.45, 7) is 1.77. The number of fused-ring (bicyclic) bond motifs is 1. The maximum Gasteiger partial charge on any atom is 0.200 e. The number of anilines is 1. The lowest BCUT2D eigenvalue weighted by Gasteiger charge is -2.18. The van der Waals surface area contributed by atoms with Gasteiger partial charge >= 0.3 is 0 Å². The number of nitrogens with zero attached hydrogens (tertiary/aromatic N) is 2. The molecule has 6 heteroatoms. The summed E-state index contributed by atoms with van der Waals surface area (Å²) < 4.78 is 11.8. The molecule has 0 aliphatic carbocycles. The van der Waals surface area contributed by atoms with Gasteiger partial charge in [-0.05, 0) is 12.1 Å². The van der Waals surface area contributed by atoms with E-state index in [2.05, 4.69) is 4.98 Å². The topological polar surface area (TPSA) is 60.6 Å². The Morgan fingerprint density at radius 3 is 2.88 bits per heavy atom. The van der Waals surface area contributed by atoms with Gasteiger partial charge < -0.3 is 9.47 Å². The highest BCUT2D eigenvalue weighted by Gasteiger charge is 2.20. The number of ether oxygens (including phenoxy) is 2. The predicted octanol–water partition coefficient (Wildman–Crippen LogP) is 1.35. The van der Waals surface area contributed by atoms with Crippen LogP contribution in [0.15, 0.2) is 24.3 Å². The van der Waals surface area contributed by atoms with Crippen molar-refractivity contribution in [2.45, 2.75) is 6.29 Å². The first-order valence-corrected chi connectivity index (χ1v) is 6.25. The van der Waals surface area contributed by atoms with Crippen LogP contribution in [0.1, 0.15) is 0 Å². The highest BCUT2D eigenvalue weighted by atomic mass is 32.1. The maximum atomic E-state index is 5.96. The lowest BCUT2D eigenvalue weighted by Crippen LogP contribution is -2.38. The molecule has 0 saturated carbocycles. The monoisotopic (exact) mass is 251 g/mol. The van der Waals surface area contributed by atoms with E-state index in [1.54, 1.807) is 16.3 Å². The third kappa shape index (κ3) is 2.25. The van der Waals surface area contributed by atoms with E-state index in [4.69, 9.17) is 15.3 Å². The summed E-state index contributed by atoms with van der Waals surface area (Å²) in [5, 5.41) is 2.37. The normalized spacial score (nSPS) is 16.8. The number of aromatic nitrogens is 1. The molecule has 2 heterocycles. The SMILES string of the molecule is NN(CC1OCCO1)c1nc2ccccc2s1. The molecule has 1 fully saturated rings. The first kappa shape index (κ1) is 10.9. The molecule has 17 heavy (non-hydrogen) atoms. The molecule has 5 nitrogen and oxygen atoms in total. The van der Waals surface area contributed by atoms with Crippen molar-refractivity contribution in [3.63, 3.8) is 0 Å². The average Bonchev–Trinajstić information content (AvgIpc) is 2.96. The van der Waals surface area contributed by atoms with Crippen molar-refractivity contribution < 1.29 is 9.47 Å². The Bertz CT molecular complexity index is 477. The number of thiazole rings is 1. The highest BCUT2D eigenvalue weighted by molar-refractivity contribution is 7.22. The molecule has 2 N–H and O–H groups in total. The third-order valence-corrected chi connectivity index (χ3v) is 3.64. The molecule has 1 aliphatic rings. The second kappa shape index (κ2) is 4.58. The molecule has 0 radical (unpaired) electrons. The van der Waals surface area contributed by atoms with E-state index in [0.717, 1.165) is 15.3 Å². The zero-order chi connectivity index (χ0) is 11.7. The number of rotatable bonds is 3. The molecule has 0 atom stereocenters. The Kier molecular flexibility index (Phi) is 2.94. The molecule has 1 aromatic heterocycles. The average molecular weight is 251 g/mol. The summed E-state index contributed by atoms with van der Waals surface area (Å²) in [6.07, 6.45) is -0.244. The summed E-state index contributed by atoms with van der Waals surface area (Å²) in [5.74, 6) is 5.96. The first-order chi connectivity index (χ1) is 8.33. The van der Waals surface area contributed by atoms with Gasteiger partial charge in [0.1, 0.15) is 0 Å². The molecule has 0 spiro atoms. The molecule has 0 unspecified atom stereocenters. The maximum absolute atomic E-state index is 5.96. The van der Waals surface area contributed by atoms with Gasteiger partial charge in [-0.1, -0.05) is 23.5 Å². The van der Waals surface area contributed by atoms with Crippen LogP contribution in [-0.2, 0) is 9.47 Å². The lowest BCUT2D eigenvalue weighted by molar-refractivity contribution is -0.0343. The van der Waals surface area contributed by atoms with E-state index in [-0.39, 0.29) is 6.29 Å². The smallest absolute Gasteiger partial charge is 0.200 e. The fourth-order valence-corrected chi connectivity index (χ4v) is 2.63. The van der Waals surface area contributed by atoms with E-state index in [0.29, 0.717) is 19.8 Å².